The van der Waals surface area contributed by atoms with Crippen molar-refractivity contribution in [3.05, 3.63) is 68.9 Å². The van der Waals surface area contributed by atoms with Crippen LogP contribution in [0.5, 0.6) is 0 Å². The lowest BCUT2D eigenvalue weighted by Crippen LogP contribution is -2.40. The first-order valence-corrected chi connectivity index (χ1v) is 13.3. The van der Waals surface area contributed by atoms with Gasteiger partial charge in [0.15, 0.2) is 0 Å². The van der Waals surface area contributed by atoms with E-state index in [-0.39, 0.29) is 17.0 Å². The molecule has 1 aliphatic heterocycles. The van der Waals surface area contributed by atoms with E-state index < -0.39 is 10.0 Å². The second-order valence-electron chi connectivity index (χ2n) is 7.58. The number of fused-ring (bicyclic) bond motifs is 1. The number of aryl methyl sites for hydroxylation is 1. The Morgan fingerprint density at radius 3 is 2.72 bits per heavy atom. The molecule has 0 spiro atoms. The maximum absolute atomic E-state index is 13.3. The molecule has 5 rings (SSSR count). The van der Waals surface area contributed by atoms with E-state index in [2.05, 4.69) is 4.98 Å². The van der Waals surface area contributed by atoms with Gasteiger partial charge in [0.2, 0.25) is 10.0 Å². The largest absolute Gasteiger partial charge is 0.379 e. The fourth-order valence-corrected chi connectivity index (χ4v) is 7.12. The molecule has 32 heavy (non-hydrogen) atoms. The van der Waals surface area contributed by atoms with Gasteiger partial charge >= 0.3 is 0 Å². The lowest BCUT2D eigenvalue weighted by Gasteiger charge is -2.26. The molecule has 0 unspecified atom stereocenters. The summed E-state index contributed by atoms with van der Waals surface area (Å²) in [6.45, 7) is 3.76. The van der Waals surface area contributed by atoms with Gasteiger partial charge in [0.05, 0.1) is 36.4 Å². The molecular formula is C22H21N3O4S3. The van der Waals surface area contributed by atoms with Gasteiger partial charge < -0.3 is 4.74 Å². The van der Waals surface area contributed by atoms with Crippen molar-refractivity contribution >= 4 is 42.9 Å². The van der Waals surface area contributed by atoms with Crippen LogP contribution in [0.25, 0.3) is 20.7 Å². The van der Waals surface area contributed by atoms with E-state index in [4.69, 9.17) is 4.74 Å². The Labute approximate surface area is 193 Å². The van der Waals surface area contributed by atoms with Gasteiger partial charge in [0.1, 0.15) is 4.83 Å². The zero-order valence-corrected chi connectivity index (χ0v) is 19.8. The predicted octanol–water partition coefficient (Wildman–Crippen LogP) is 3.56. The van der Waals surface area contributed by atoms with E-state index in [9.17, 15) is 13.2 Å². The SMILES string of the molecule is Cc1ccc(-c2csc3ncn(Cc4cccc(S(=O)(=O)N5CCOCC5)c4)c(=O)c23)s1. The number of hydrogen-bond donors (Lipinski definition) is 0. The summed E-state index contributed by atoms with van der Waals surface area (Å²) < 4.78 is 34.2. The minimum atomic E-state index is -3.60. The Hall–Kier alpha value is -2.37. The molecule has 166 valence electrons. The lowest BCUT2D eigenvalue weighted by atomic mass is 10.2. The number of nitrogens with zero attached hydrogens (tertiary/aromatic N) is 3. The summed E-state index contributed by atoms with van der Waals surface area (Å²) in [4.78, 5) is 21.0. The topological polar surface area (TPSA) is 81.5 Å². The highest BCUT2D eigenvalue weighted by Crippen LogP contribution is 2.35. The van der Waals surface area contributed by atoms with Crippen molar-refractivity contribution in [2.75, 3.05) is 26.3 Å². The van der Waals surface area contributed by atoms with Crippen LogP contribution in [0.2, 0.25) is 0 Å². The summed E-state index contributed by atoms with van der Waals surface area (Å²) in [5.41, 5.74) is 1.50. The van der Waals surface area contributed by atoms with Gasteiger partial charge in [-0.15, -0.1) is 22.7 Å². The maximum atomic E-state index is 13.3. The van der Waals surface area contributed by atoms with E-state index in [1.54, 1.807) is 34.1 Å². The van der Waals surface area contributed by atoms with E-state index in [1.165, 1.54) is 26.8 Å². The molecule has 0 bridgehead atoms. The lowest BCUT2D eigenvalue weighted by molar-refractivity contribution is 0.0730. The van der Waals surface area contributed by atoms with E-state index in [0.29, 0.717) is 36.5 Å². The van der Waals surface area contributed by atoms with Gasteiger partial charge in [0, 0.05) is 33.8 Å². The number of aromatic nitrogens is 2. The molecule has 7 nitrogen and oxygen atoms in total. The summed E-state index contributed by atoms with van der Waals surface area (Å²) in [7, 11) is -3.60. The normalized spacial score (nSPS) is 15.4. The number of ether oxygens (including phenoxy) is 1. The van der Waals surface area contributed by atoms with Crippen molar-refractivity contribution in [2.24, 2.45) is 0 Å². The van der Waals surface area contributed by atoms with Gasteiger partial charge in [-0.3, -0.25) is 9.36 Å². The maximum Gasteiger partial charge on any atom is 0.263 e. The number of morpholine rings is 1. The summed E-state index contributed by atoms with van der Waals surface area (Å²) in [6.07, 6.45) is 1.54. The minimum Gasteiger partial charge on any atom is -0.379 e. The molecule has 0 N–H and O–H groups in total. The van der Waals surface area contributed by atoms with Gasteiger partial charge in [-0.05, 0) is 36.8 Å². The summed E-state index contributed by atoms with van der Waals surface area (Å²) in [5.74, 6) is 0. The average molecular weight is 488 g/mol. The third-order valence-electron chi connectivity index (χ3n) is 5.43. The molecule has 0 saturated carbocycles. The first-order chi connectivity index (χ1) is 15.4. The van der Waals surface area contributed by atoms with Crippen LogP contribution in [0, 0.1) is 6.92 Å². The molecule has 0 aliphatic carbocycles. The van der Waals surface area contributed by atoms with Crippen LogP contribution in [0.3, 0.4) is 0 Å². The fraction of sp³-hybridized carbons (Fsp3) is 0.273. The molecule has 1 aromatic carbocycles. The molecule has 0 radical (unpaired) electrons. The van der Waals surface area contributed by atoms with Crippen LogP contribution in [-0.4, -0.2) is 48.6 Å². The second-order valence-corrected chi connectivity index (χ2v) is 11.7. The molecule has 1 saturated heterocycles. The number of benzene rings is 1. The van der Waals surface area contributed by atoms with Gasteiger partial charge in [-0.25, -0.2) is 13.4 Å². The Balaban J connectivity index is 1.49. The van der Waals surface area contributed by atoms with Gasteiger partial charge in [-0.2, -0.15) is 4.31 Å². The quantitative estimate of drug-likeness (QED) is 0.430. The number of sulfonamides is 1. The second kappa shape index (κ2) is 8.53. The monoisotopic (exact) mass is 487 g/mol. The Morgan fingerprint density at radius 1 is 1.16 bits per heavy atom. The molecule has 0 atom stereocenters. The van der Waals surface area contributed by atoms with Crippen molar-refractivity contribution in [1.29, 1.82) is 0 Å². The van der Waals surface area contributed by atoms with Gasteiger partial charge in [0.25, 0.3) is 5.56 Å². The van der Waals surface area contributed by atoms with Crippen molar-refractivity contribution in [3.63, 3.8) is 0 Å². The Morgan fingerprint density at radius 2 is 1.97 bits per heavy atom. The molecule has 1 aliphatic rings. The van der Waals surface area contributed by atoms with Crippen LogP contribution in [-0.2, 0) is 21.3 Å². The van der Waals surface area contributed by atoms with Crippen LogP contribution in [0.4, 0.5) is 0 Å². The Kier molecular flexibility index (Phi) is 5.72. The van der Waals surface area contributed by atoms with Crippen LogP contribution < -0.4 is 5.56 Å². The highest BCUT2D eigenvalue weighted by Gasteiger charge is 2.26. The molecule has 4 aromatic rings. The smallest absolute Gasteiger partial charge is 0.263 e. The molecule has 0 amide bonds. The predicted molar refractivity (Wildman–Crippen MR) is 127 cm³/mol. The summed E-state index contributed by atoms with van der Waals surface area (Å²) in [6, 6.07) is 10.8. The molecule has 10 heteroatoms. The Bertz CT molecular complexity index is 1450. The number of thiophene rings is 2. The number of hydrogen-bond acceptors (Lipinski definition) is 7. The highest BCUT2D eigenvalue weighted by molar-refractivity contribution is 7.89. The first kappa shape index (κ1) is 21.5. The molecule has 1 fully saturated rings. The van der Waals surface area contributed by atoms with Gasteiger partial charge in [-0.1, -0.05) is 12.1 Å². The first-order valence-electron chi connectivity index (χ1n) is 10.1. The van der Waals surface area contributed by atoms with Crippen molar-refractivity contribution in [2.45, 2.75) is 18.4 Å². The van der Waals surface area contributed by atoms with Crippen LogP contribution in [0.1, 0.15) is 10.4 Å². The van der Waals surface area contributed by atoms with Crippen molar-refractivity contribution in [3.8, 4) is 10.4 Å². The third kappa shape index (κ3) is 3.93. The van der Waals surface area contributed by atoms with Crippen molar-refractivity contribution < 1.29 is 13.2 Å². The third-order valence-corrected chi connectivity index (χ3v) is 9.24. The highest BCUT2D eigenvalue weighted by atomic mass is 32.2. The van der Waals surface area contributed by atoms with Crippen LogP contribution >= 0.6 is 22.7 Å². The van der Waals surface area contributed by atoms with Crippen molar-refractivity contribution in [1.82, 2.24) is 13.9 Å². The number of rotatable bonds is 5. The molecule has 4 heterocycles. The zero-order chi connectivity index (χ0) is 22.3. The summed E-state index contributed by atoms with van der Waals surface area (Å²) >= 11 is 3.10. The standard InChI is InChI=1S/C22H21N3O4S3/c1-15-5-6-19(31-15)18-13-30-21-20(18)22(26)24(14-23-21)12-16-3-2-4-17(11-16)32(27,28)25-7-9-29-10-8-25/h2-6,11,13-14H,7-10,12H2,1H3. The fourth-order valence-electron chi connectivity index (χ4n) is 3.78. The average Bonchev–Trinajstić information content (AvgIpc) is 3.43. The van der Waals surface area contributed by atoms with E-state index >= 15 is 0 Å². The summed E-state index contributed by atoms with van der Waals surface area (Å²) in [5, 5.41) is 2.58. The van der Waals surface area contributed by atoms with E-state index in [1.807, 2.05) is 30.5 Å². The van der Waals surface area contributed by atoms with E-state index in [0.717, 1.165) is 16.0 Å². The molecular weight excluding hydrogens is 466 g/mol. The van der Waals surface area contributed by atoms with Crippen LogP contribution in [0.15, 0.2) is 57.8 Å². The zero-order valence-electron chi connectivity index (χ0n) is 17.4. The molecule has 3 aromatic heterocycles. The minimum absolute atomic E-state index is 0.126.